The third kappa shape index (κ3) is 2.58. The lowest BCUT2D eigenvalue weighted by Crippen LogP contribution is -2.47. The topological polar surface area (TPSA) is 57.3 Å². The van der Waals surface area contributed by atoms with Crippen molar-refractivity contribution in [2.45, 2.75) is 24.9 Å². The van der Waals surface area contributed by atoms with E-state index in [1.807, 2.05) is 19.0 Å². The molecule has 1 N–H and O–H groups in total. The number of piperidine rings is 1. The highest BCUT2D eigenvalue weighted by Gasteiger charge is 2.43. The fraction of sp³-hybridized carbons (Fsp3) is 0.429. The summed E-state index contributed by atoms with van der Waals surface area (Å²) in [7, 11) is 4.03. The summed E-state index contributed by atoms with van der Waals surface area (Å²) in [6, 6.07) is 8.61. The molecule has 6 heteroatoms. The van der Waals surface area contributed by atoms with Gasteiger partial charge in [-0.2, -0.15) is 0 Å². The van der Waals surface area contributed by atoms with Crippen LogP contribution >= 0.6 is 0 Å². The van der Waals surface area contributed by atoms with Gasteiger partial charge in [0.15, 0.2) is 11.6 Å². The second-order valence-corrected chi connectivity index (χ2v) is 7.70. The van der Waals surface area contributed by atoms with Crippen molar-refractivity contribution in [3.05, 3.63) is 47.9 Å². The lowest BCUT2D eigenvalue weighted by atomic mass is 9.83. The number of nitrogens with one attached hydrogen (secondary N) is 1. The van der Waals surface area contributed by atoms with Crippen LogP contribution in [0.15, 0.2) is 36.7 Å². The largest absolute Gasteiger partial charge is 0.368 e. The van der Waals surface area contributed by atoms with Gasteiger partial charge in [0, 0.05) is 50.5 Å². The Balaban J connectivity index is 1.46. The fourth-order valence-corrected chi connectivity index (χ4v) is 4.61. The van der Waals surface area contributed by atoms with Gasteiger partial charge in [-0.15, -0.1) is 0 Å². The van der Waals surface area contributed by atoms with Crippen LogP contribution in [0.4, 0.5) is 11.6 Å². The number of para-hydroxylation sites is 1. The Morgan fingerprint density at radius 2 is 1.89 bits per heavy atom. The first kappa shape index (κ1) is 16.6. The average molecular weight is 363 g/mol. The number of rotatable bonds is 2. The molecule has 0 unspecified atom stereocenters. The summed E-state index contributed by atoms with van der Waals surface area (Å²) in [5, 5.41) is 1.35. The van der Waals surface area contributed by atoms with Gasteiger partial charge in [-0.05, 0) is 30.9 Å². The molecule has 1 fully saturated rings. The molecule has 2 aliphatic rings. The highest BCUT2D eigenvalue weighted by molar-refractivity contribution is 5.85. The van der Waals surface area contributed by atoms with Gasteiger partial charge < -0.3 is 19.5 Å². The maximum Gasteiger partial charge on any atom is 0.171 e. The van der Waals surface area contributed by atoms with E-state index in [0.29, 0.717) is 0 Å². The minimum Gasteiger partial charge on any atom is -0.368 e. The first-order valence-electron chi connectivity index (χ1n) is 9.65. The number of aromatic nitrogens is 3. The highest BCUT2D eigenvalue weighted by atomic mass is 16.5. The van der Waals surface area contributed by atoms with Gasteiger partial charge in [-0.25, -0.2) is 9.97 Å². The van der Waals surface area contributed by atoms with Gasteiger partial charge in [0.2, 0.25) is 0 Å². The van der Waals surface area contributed by atoms with Gasteiger partial charge in [0.25, 0.3) is 0 Å². The van der Waals surface area contributed by atoms with E-state index in [1.165, 1.54) is 22.2 Å². The number of anilines is 2. The predicted molar refractivity (Wildman–Crippen MR) is 107 cm³/mol. The summed E-state index contributed by atoms with van der Waals surface area (Å²) < 4.78 is 6.42. The Morgan fingerprint density at radius 3 is 2.70 bits per heavy atom. The zero-order chi connectivity index (χ0) is 18.4. The van der Waals surface area contributed by atoms with Crippen LogP contribution in [0.3, 0.4) is 0 Å². The predicted octanol–water partition coefficient (Wildman–Crippen LogP) is 3.09. The number of ether oxygens (including phenoxy) is 1. The van der Waals surface area contributed by atoms with Crippen molar-refractivity contribution in [1.29, 1.82) is 0 Å². The molecule has 0 saturated carbocycles. The first-order chi connectivity index (χ1) is 13.2. The first-order valence-corrected chi connectivity index (χ1v) is 9.65. The minimum atomic E-state index is -0.205. The van der Waals surface area contributed by atoms with Crippen molar-refractivity contribution in [1.82, 2.24) is 15.0 Å². The minimum absolute atomic E-state index is 0.205. The molecule has 0 bridgehead atoms. The van der Waals surface area contributed by atoms with Gasteiger partial charge >= 0.3 is 0 Å². The number of aromatic amines is 1. The molecule has 0 amide bonds. The van der Waals surface area contributed by atoms with E-state index in [9.17, 15) is 0 Å². The second kappa shape index (κ2) is 6.23. The Hall–Kier alpha value is -2.60. The molecule has 0 atom stereocenters. The van der Waals surface area contributed by atoms with Crippen LogP contribution in [0.2, 0.25) is 0 Å². The molecule has 0 aliphatic carbocycles. The normalized spacial score (nSPS) is 18.7. The molecule has 4 heterocycles. The molecule has 2 aliphatic heterocycles. The van der Waals surface area contributed by atoms with E-state index < -0.39 is 0 Å². The lowest BCUT2D eigenvalue weighted by Gasteiger charge is -2.44. The summed E-state index contributed by atoms with van der Waals surface area (Å²) in [6.45, 7) is 2.62. The zero-order valence-electron chi connectivity index (χ0n) is 15.9. The van der Waals surface area contributed by atoms with Crippen LogP contribution in [0, 0.1) is 0 Å². The second-order valence-electron chi connectivity index (χ2n) is 7.70. The number of fused-ring (bicyclic) bond motifs is 4. The number of H-pyrrole nitrogens is 1. The third-order valence-corrected chi connectivity index (χ3v) is 5.95. The monoisotopic (exact) mass is 363 g/mol. The Kier molecular flexibility index (Phi) is 3.82. The molecule has 5 rings (SSSR count). The maximum atomic E-state index is 6.42. The molecule has 3 aromatic rings. The molecule has 0 radical (unpaired) electrons. The smallest absolute Gasteiger partial charge is 0.171 e. The SMILES string of the molecule is CN(C)c1nccnc1N1CCC2(CC1)OCCc1c2[nH]c2ccccc12. The molecule has 27 heavy (non-hydrogen) atoms. The van der Waals surface area contributed by atoms with Crippen molar-refractivity contribution >= 4 is 22.5 Å². The van der Waals surface area contributed by atoms with E-state index in [-0.39, 0.29) is 5.60 Å². The lowest BCUT2D eigenvalue weighted by molar-refractivity contribution is -0.0790. The Labute approximate surface area is 159 Å². The van der Waals surface area contributed by atoms with Crippen molar-refractivity contribution in [2.75, 3.05) is 43.6 Å². The Bertz CT molecular complexity index is 972. The van der Waals surface area contributed by atoms with Crippen molar-refractivity contribution in [2.24, 2.45) is 0 Å². The van der Waals surface area contributed by atoms with E-state index in [2.05, 4.69) is 44.1 Å². The Morgan fingerprint density at radius 1 is 1.11 bits per heavy atom. The molecule has 1 spiro atoms. The van der Waals surface area contributed by atoms with Crippen LogP contribution < -0.4 is 9.80 Å². The molecule has 2 aromatic heterocycles. The van der Waals surface area contributed by atoms with E-state index >= 15 is 0 Å². The van der Waals surface area contributed by atoms with Gasteiger partial charge in [-0.3, -0.25) is 0 Å². The summed E-state index contributed by atoms with van der Waals surface area (Å²) in [5.41, 5.74) is 3.75. The van der Waals surface area contributed by atoms with Crippen LogP contribution in [-0.2, 0) is 16.8 Å². The standard InChI is InChI=1S/C21H25N5O/c1-25(2)19-20(23-11-10-22-19)26-12-8-21(9-13-26)18-16(7-14-27-21)15-5-3-4-6-17(15)24-18/h3-6,10-11,24H,7-9,12-14H2,1-2H3. The van der Waals surface area contributed by atoms with Crippen molar-refractivity contribution in [3.63, 3.8) is 0 Å². The molecule has 140 valence electrons. The number of hydrogen-bond acceptors (Lipinski definition) is 5. The molecule has 1 saturated heterocycles. The van der Waals surface area contributed by atoms with E-state index in [4.69, 9.17) is 4.74 Å². The van der Waals surface area contributed by atoms with Crippen LogP contribution in [-0.4, -0.2) is 48.7 Å². The van der Waals surface area contributed by atoms with Crippen LogP contribution in [0.1, 0.15) is 24.1 Å². The van der Waals surface area contributed by atoms with Gasteiger partial charge in [-0.1, -0.05) is 18.2 Å². The number of hydrogen-bond donors (Lipinski definition) is 1. The maximum absolute atomic E-state index is 6.42. The van der Waals surface area contributed by atoms with E-state index in [1.54, 1.807) is 12.4 Å². The van der Waals surface area contributed by atoms with Crippen molar-refractivity contribution in [3.8, 4) is 0 Å². The summed E-state index contributed by atoms with van der Waals surface area (Å²) >= 11 is 0. The molecule has 6 nitrogen and oxygen atoms in total. The van der Waals surface area contributed by atoms with Gasteiger partial charge in [0.1, 0.15) is 5.60 Å². The number of nitrogens with zero attached hydrogens (tertiary/aromatic N) is 4. The quantitative estimate of drug-likeness (QED) is 0.758. The summed E-state index contributed by atoms with van der Waals surface area (Å²) in [6.07, 6.45) is 6.43. The van der Waals surface area contributed by atoms with Gasteiger partial charge in [0.05, 0.1) is 12.3 Å². The van der Waals surface area contributed by atoms with Crippen LogP contribution in [0.25, 0.3) is 10.9 Å². The third-order valence-electron chi connectivity index (χ3n) is 5.95. The van der Waals surface area contributed by atoms with Crippen LogP contribution in [0.5, 0.6) is 0 Å². The molecular formula is C21H25N5O. The highest BCUT2D eigenvalue weighted by Crippen LogP contribution is 2.44. The number of benzene rings is 1. The van der Waals surface area contributed by atoms with E-state index in [0.717, 1.165) is 50.6 Å². The average Bonchev–Trinajstić information content (AvgIpc) is 3.09. The molecule has 1 aromatic carbocycles. The fourth-order valence-electron chi connectivity index (χ4n) is 4.61. The zero-order valence-corrected chi connectivity index (χ0v) is 15.9. The van der Waals surface area contributed by atoms with Crippen molar-refractivity contribution < 1.29 is 4.74 Å². The summed E-state index contributed by atoms with van der Waals surface area (Å²) in [4.78, 5) is 17.2. The molecular weight excluding hydrogens is 338 g/mol. The summed E-state index contributed by atoms with van der Waals surface area (Å²) in [5.74, 6) is 1.88.